The van der Waals surface area contributed by atoms with Gasteiger partial charge in [0.15, 0.2) is 0 Å². The van der Waals surface area contributed by atoms with Crippen molar-refractivity contribution in [3.8, 4) is 6.07 Å². The van der Waals surface area contributed by atoms with Gasteiger partial charge < -0.3 is 5.32 Å². The lowest BCUT2D eigenvalue weighted by Crippen LogP contribution is -2.25. The van der Waals surface area contributed by atoms with Gasteiger partial charge in [-0.15, -0.1) is 0 Å². The Kier molecular flexibility index (Phi) is 5.54. The molecule has 0 radical (unpaired) electrons. The standard InChI is InChI=1S/C24H17FN4O2/c25-18-8-6-16(7-9-18)12-13-29-22(15-26)28-21-11-10-19(14-20(21)24(29)31)27-23(30)17-4-2-1-3-5-17/h1-11,14H,12-13H2,(H,27,30). The molecule has 0 aliphatic carbocycles. The van der Waals surface area contributed by atoms with Crippen LogP contribution in [0.1, 0.15) is 21.7 Å². The second-order valence-corrected chi connectivity index (χ2v) is 6.93. The van der Waals surface area contributed by atoms with Gasteiger partial charge in [-0.1, -0.05) is 30.3 Å². The maximum Gasteiger partial charge on any atom is 0.262 e. The van der Waals surface area contributed by atoms with Crippen molar-refractivity contribution in [3.63, 3.8) is 0 Å². The zero-order chi connectivity index (χ0) is 21.8. The van der Waals surface area contributed by atoms with Crippen LogP contribution in [0, 0.1) is 17.1 Å². The van der Waals surface area contributed by atoms with E-state index in [4.69, 9.17) is 0 Å². The Morgan fingerprint density at radius 3 is 2.52 bits per heavy atom. The van der Waals surface area contributed by atoms with Gasteiger partial charge in [0.05, 0.1) is 10.9 Å². The SMILES string of the molecule is N#Cc1nc2ccc(NC(=O)c3ccccc3)cc2c(=O)n1CCc1ccc(F)cc1. The number of halogens is 1. The molecule has 0 aliphatic rings. The summed E-state index contributed by atoms with van der Waals surface area (Å²) in [6.45, 7) is 0.219. The molecule has 0 bridgehead atoms. The van der Waals surface area contributed by atoms with E-state index < -0.39 is 0 Å². The Bertz CT molecular complexity index is 1360. The zero-order valence-electron chi connectivity index (χ0n) is 16.4. The van der Waals surface area contributed by atoms with E-state index in [-0.39, 0.29) is 29.7 Å². The summed E-state index contributed by atoms with van der Waals surface area (Å²) < 4.78 is 14.4. The first kappa shape index (κ1) is 20.0. The molecule has 1 amide bonds. The summed E-state index contributed by atoms with van der Waals surface area (Å²) in [6.07, 6.45) is 0.437. The Hall–Kier alpha value is -4.31. The molecule has 0 saturated heterocycles. The fourth-order valence-corrected chi connectivity index (χ4v) is 3.28. The van der Waals surface area contributed by atoms with Crippen LogP contribution in [0.15, 0.2) is 77.6 Å². The molecule has 31 heavy (non-hydrogen) atoms. The molecule has 4 rings (SSSR count). The maximum absolute atomic E-state index is 13.1. The molecular formula is C24H17FN4O2. The van der Waals surface area contributed by atoms with Gasteiger partial charge in [-0.05, 0) is 54.4 Å². The molecule has 7 heteroatoms. The van der Waals surface area contributed by atoms with Crippen molar-refractivity contribution in [1.82, 2.24) is 9.55 Å². The smallest absolute Gasteiger partial charge is 0.262 e. The van der Waals surface area contributed by atoms with E-state index in [0.717, 1.165) is 5.56 Å². The third kappa shape index (κ3) is 4.33. The number of aromatic nitrogens is 2. The third-order valence-corrected chi connectivity index (χ3v) is 4.89. The quantitative estimate of drug-likeness (QED) is 0.538. The molecule has 0 fully saturated rings. The molecule has 152 valence electrons. The minimum absolute atomic E-state index is 0.000632. The van der Waals surface area contributed by atoms with Crippen LogP contribution in [0.3, 0.4) is 0 Å². The number of hydrogen-bond donors (Lipinski definition) is 1. The van der Waals surface area contributed by atoms with Crippen LogP contribution in [0.4, 0.5) is 10.1 Å². The summed E-state index contributed by atoms with van der Waals surface area (Å²) in [5.74, 6) is -0.630. The molecule has 0 aliphatic heterocycles. The average molecular weight is 412 g/mol. The number of hydrogen-bond acceptors (Lipinski definition) is 4. The molecule has 6 nitrogen and oxygen atoms in total. The summed E-state index contributed by atoms with van der Waals surface area (Å²) >= 11 is 0. The van der Waals surface area contributed by atoms with E-state index in [9.17, 15) is 19.2 Å². The number of carbonyl (C=O) groups is 1. The number of nitriles is 1. The number of nitrogens with zero attached hydrogens (tertiary/aromatic N) is 3. The lowest BCUT2D eigenvalue weighted by molar-refractivity contribution is 0.102. The van der Waals surface area contributed by atoms with Crippen molar-refractivity contribution in [2.45, 2.75) is 13.0 Å². The number of rotatable bonds is 5. The lowest BCUT2D eigenvalue weighted by Gasteiger charge is -2.11. The highest BCUT2D eigenvalue weighted by Gasteiger charge is 2.13. The van der Waals surface area contributed by atoms with Crippen molar-refractivity contribution in [1.29, 1.82) is 5.26 Å². The number of fused-ring (bicyclic) bond motifs is 1. The van der Waals surface area contributed by atoms with Crippen LogP contribution in [0.2, 0.25) is 0 Å². The van der Waals surface area contributed by atoms with E-state index in [2.05, 4.69) is 10.3 Å². The monoisotopic (exact) mass is 412 g/mol. The molecule has 0 spiro atoms. The molecule has 0 saturated carbocycles. The maximum atomic E-state index is 13.1. The number of anilines is 1. The third-order valence-electron chi connectivity index (χ3n) is 4.89. The van der Waals surface area contributed by atoms with Crippen molar-refractivity contribution in [2.75, 3.05) is 5.32 Å². The molecule has 4 aromatic rings. The van der Waals surface area contributed by atoms with E-state index >= 15 is 0 Å². The highest BCUT2D eigenvalue weighted by molar-refractivity contribution is 6.05. The fourth-order valence-electron chi connectivity index (χ4n) is 3.28. The van der Waals surface area contributed by atoms with E-state index in [1.807, 2.05) is 12.1 Å². The largest absolute Gasteiger partial charge is 0.322 e. The Balaban J connectivity index is 1.65. The van der Waals surface area contributed by atoms with Gasteiger partial charge in [-0.2, -0.15) is 5.26 Å². The van der Waals surface area contributed by atoms with Gasteiger partial charge in [0, 0.05) is 17.8 Å². The van der Waals surface area contributed by atoms with Crippen molar-refractivity contribution >= 4 is 22.5 Å². The summed E-state index contributed by atoms with van der Waals surface area (Å²) in [5, 5.41) is 12.5. The van der Waals surface area contributed by atoms with E-state index in [1.165, 1.54) is 16.7 Å². The summed E-state index contributed by atoms with van der Waals surface area (Å²) in [5.41, 5.74) is 1.78. The van der Waals surface area contributed by atoms with Gasteiger partial charge in [-0.3, -0.25) is 14.2 Å². The Morgan fingerprint density at radius 2 is 1.81 bits per heavy atom. The van der Waals surface area contributed by atoms with Crippen molar-refractivity contribution in [2.24, 2.45) is 0 Å². The zero-order valence-corrected chi connectivity index (χ0v) is 16.4. The number of amides is 1. The Labute approximate surface area is 177 Å². The normalized spacial score (nSPS) is 10.6. The van der Waals surface area contributed by atoms with Crippen LogP contribution in [-0.4, -0.2) is 15.5 Å². The first-order valence-corrected chi connectivity index (χ1v) is 9.61. The molecular weight excluding hydrogens is 395 g/mol. The number of carbonyl (C=O) groups excluding carboxylic acids is 1. The van der Waals surface area contributed by atoms with Gasteiger partial charge in [0.25, 0.3) is 11.5 Å². The number of benzene rings is 3. The van der Waals surface area contributed by atoms with E-state index in [0.29, 0.717) is 28.6 Å². The van der Waals surface area contributed by atoms with Crippen LogP contribution in [0.25, 0.3) is 10.9 Å². The minimum atomic E-state index is -0.375. The van der Waals surface area contributed by atoms with E-state index in [1.54, 1.807) is 54.6 Å². The summed E-state index contributed by atoms with van der Waals surface area (Å²) in [7, 11) is 0. The number of aryl methyl sites for hydroxylation is 1. The molecule has 1 N–H and O–H groups in total. The molecule has 1 aromatic heterocycles. The highest BCUT2D eigenvalue weighted by atomic mass is 19.1. The number of nitrogens with one attached hydrogen (secondary N) is 1. The minimum Gasteiger partial charge on any atom is -0.322 e. The predicted molar refractivity (Wildman–Crippen MR) is 115 cm³/mol. The second kappa shape index (κ2) is 8.59. The average Bonchev–Trinajstić information content (AvgIpc) is 2.80. The molecule has 3 aromatic carbocycles. The predicted octanol–water partition coefficient (Wildman–Crippen LogP) is 3.90. The summed E-state index contributed by atoms with van der Waals surface area (Å²) in [4.78, 5) is 29.8. The van der Waals surface area contributed by atoms with Crippen LogP contribution >= 0.6 is 0 Å². The van der Waals surface area contributed by atoms with Gasteiger partial charge in [0.2, 0.25) is 5.82 Å². The van der Waals surface area contributed by atoms with Crippen molar-refractivity contribution in [3.05, 3.63) is 106 Å². The Morgan fingerprint density at radius 1 is 1.06 bits per heavy atom. The van der Waals surface area contributed by atoms with Crippen LogP contribution in [-0.2, 0) is 13.0 Å². The molecule has 0 unspecified atom stereocenters. The highest BCUT2D eigenvalue weighted by Crippen LogP contribution is 2.17. The fraction of sp³-hybridized carbons (Fsp3) is 0.0833. The van der Waals surface area contributed by atoms with Crippen LogP contribution < -0.4 is 10.9 Å². The van der Waals surface area contributed by atoms with Gasteiger partial charge in [0.1, 0.15) is 11.9 Å². The molecule has 0 atom stereocenters. The molecule has 1 heterocycles. The second-order valence-electron chi connectivity index (χ2n) is 6.93. The van der Waals surface area contributed by atoms with Crippen LogP contribution in [0.5, 0.6) is 0 Å². The lowest BCUT2D eigenvalue weighted by atomic mass is 10.1. The first-order chi connectivity index (χ1) is 15.0. The topological polar surface area (TPSA) is 87.8 Å². The van der Waals surface area contributed by atoms with Gasteiger partial charge >= 0.3 is 0 Å². The van der Waals surface area contributed by atoms with Crippen molar-refractivity contribution < 1.29 is 9.18 Å². The first-order valence-electron chi connectivity index (χ1n) is 9.61. The van der Waals surface area contributed by atoms with Gasteiger partial charge in [-0.25, -0.2) is 9.37 Å². The summed E-state index contributed by atoms with van der Waals surface area (Å²) in [6, 6.07) is 21.5.